The number of aromatic nitrogens is 1. The van der Waals surface area contributed by atoms with E-state index in [0.29, 0.717) is 0 Å². The third-order valence-corrected chi connectivity index (χ3v) is 8.65. The zero-order chi connectivity index (χ0) is 30.4. The average Bonchev–Trinajstić information content (AvgIpc) is 2.87. The third-order valence-electron chi connectivity index (χ3n) is 8.65. The van der Waals surface area contributed by atoms with E-state index in [1.54, 1.807) is 0 Å². The number of fused-ring (bicyclic) bond motifs is 5. The topological polar surface area (TPSA) is 13.1 Å². The zero-order valence-electron chi connectivity index (χ0n) is 27.7. The van der Waals surface area contributed by atoms with Gasteiger partial charge in [0.05, 0.1) is 10.9 Å². The number of aryl methyl sites for hydroxylation is 2. The summed E-state index contributed by atoms with van der Waals surface area (Å²) in [5, 5.41) is 7.77. The van der Waals surface area contributed by atoms with Gasteiger partial charge in [0.1, 0.15) is 18.5 Å². The number of pyridine rings is 1. The first-order chi connectivity index (χ1) is 19.5. The summed E-state index contributed by atoms with van der Waals surface area (Å²) in [5.74, 6) is 2.06. The van der Waals surface area contributed by atoms with Crippen molar-refractivity contribution in [3.05, 3.63) is 77.0 Å². The molecule has 6 rings (SSSR count). The summed E-state index contributed by atoms with van der Waals surface area (Å²) < 4.78 is 9.63. The van der Waals surface area contributed by atoms with E-state index < -0.39 is 0 Å². The van der Waals surface area contributed by atoms with Gasteiger partial charge in [-0.15, -0.1) is 0 Å². The molecular weight excluding hydrogens is 510 g/mol. The van der Waals surface area contributed by atoms with Gasteiger partial charge in [0, 0.05) is 22.4 Å². The normalized spacial score (nSPS) is 13.6. The zero-order valence-corrected chi connectivity index (χ0v) is 27.7. The highest BCUT2D eigenvalue weighted by atomic mass is 16.5. The van der Waals surface area contributed by atoms with Crippen molar-refractivity contribution < 1.29 is 9.30 Å². The lowest BCUT2D eigenvalue weighted by Crippen LogP contribution is -2.32. The molecular formula is C40H48NO+. The summed E-state index contributed by atoms with van der Waals surface area (Å²) in [6.07, 6.45) is 5.27. The largest absolute Gasteiger partial charge is 0.455 e. The first-order valence-corrected chi connectivity index (χ1v) is 15.6. The monoisotopic (exact) mass is 558 g/mol. The molecule has 0 bridgehead atoms. The molecule has 0 saturated heterocycles. The Kier molecular flexibility index (Phi) is 6.54. The van der Waals surface area contributed by atoms with Crippen molar-refractivity contribution in [3.63, 3.8) is 0 Å². The van der Waals surface area contributed by atoms with Crippen LogP contribution in [0, 0.1) is 23.2 Å². The van der Waals surface area contributed by atoms with Crippen LogP contribution in [0.3, 0.4) is 0 Å². The van der Waals surface area contributed by atoms with Gasteiger partial charge >= 0.3 is 0 Å². The smallest absolute Gasteiger partial charge is 0.228 e. The van der Waals surface area contributed by atoms with E-state index in [4.69, 9.17) is 4.74 Å². The van der Waals surface area contributed by atoms with E-state index in [0.717, 1.165) is 30.8 Å². The van der Waals surface area contributed by atoms with E-state index in [1.165, 1.54) is 65.8 Å². The Morgan fingerprint density at radius 2 is 1.24 bits per heavy atom. The average molecular weight is 559 g/mol. The highest BCUT2D eigenvalue weighted by Crippen LogP contribution is 2.54. The minimum absolute atomic E-state index is 0.115. The van der Waals surface area contributed by atoms with Crippen molar-refractivity contribution in [2.24, 2.45) is 23.3 Å². The van der Waals surface area contributed by atoms with Gasteiger partial charge in [-0.2, -0.15) is 0 Å². The second kappa shape index (κ2) is 9.56. The summed E-state index contributed by atoms with van der Waals surface area (Å²) in [6.45, 7) is 23.3. The first-order valence-electron chi connectivity index (χ1n) is 15.6. The van der Waals surface area contributed by atoms with Gasteiger partial charge < -0.3 is 4.74 Å². The standard InChI is InChI=1S/C40H48NO/c1-24-26-14-12-13-15-27(26)32(23-40(8,9)10)37-33(24)35-34-28(18-19-41(35)11)31(22-39(5,6)7)30-20-25(21-38(2,3)4)16-17-29(30)36(34)42-37/h12-20H,21-23H2,1-11H3/q+1. The number of hydrogen-bond acceptors (Lipinski definition) is 1. The fourth-order valence-electron chi connectivity index (χ4n) is 7.16. The molecule has 4 aromatic carbocycles. The van der Waals surface area contributed by atoms with Crippen LogP contribution in [-0.2, 0) is 26.3 Å². The minimum atomic E-state index is 0.115. The highest BCUT2D eigenvalue weighted by molar-refractivity contribution is 6.15. The molecule has 0 amide bonds. The third kappa shape index (κ3) is 4.97. The van der Waals surface area contributed by atoms with Crippen LogP contribution in [0.1, 0.15) is 84.6 Å². The molecule has 218 valence electrons. The quantitative estimate of drug-likeness (QED) is 0.155. The van der Waals surface area contributed by atoms with Gasteiger partial charge in [0.2, 0.25) is 5.69 Å². The number of nitrogens with zero attached hydrogens (tertiary/aromatic N) is 1. The summed E-state index contributed by atoms with van der Waals surface area (Å²) in [7, 11) is 2.20. The van der Waals surface area contributed by atoms with Crippen molar-refractivity contribution in [1.82, 2.24) is 0 Å². The number of benzene rings is 4. The molecule has 0 unspecified atom stereocenters. The first kappa shape index (κ1) is 28.7. The Balaban J connectivity index is 1.79. The van der Waals surface area contributed by atoms with Crippen molar-refractivity contribution in [1.29, 1.82) is 0 Å². The van der Waals surface area contributed by atoms with Crippen LogP contribution < -0.4 is 9.30 Å². The van der Waals surface area contributed by atoms with Gasteiger partial charge in [-0.3, -0.25) is 0 Å². The molecule has 0 atom stereocenters. The Morgan fingerprint density at radius 1 is 0.619 bits per heavy atom. The van der Waals surface area contributed by atoms with E-state index in [1.807, 2.05) is 0 Å². The molecule has 1 aliphatic heterocycles. The van der Waals surface area contributed by atoms with Gasteiger partial charge in [0.15, 0.2) is 6.20 Å². The SMILES string of the molecule is Cc1c2c(c(CC(C)(C)C)c3ccccc13)Oc1c3ccc(CC(C)(C)C)cc3c(CC(C)(C)C)c3cc[n+](C)c-2c13. The molecule has 42 heavy (non-hydrogen) atoms. The van der Waals surface area contributed by atoms with Crippen LogP contribution in [0.15, 0.2) is 54.7 Å². The van der Waals surface area contributed by atoms with E-state index in [2.05, 4.69) is 136 Å². The van der Waals surface area contributed by atoms with E-state index in [9.17, 15) is 0 Å². The van der Waals surface area contributed by atoms with Crippen LogP contribution in [0.2, 0.25) is 0 Å². The summed E-state index contributed by atoms with van der Waals surface area (Å²) >= 11 is 0. The Morgan fingerprint density at radius 3 is 1.88 bits per heavy atom. The lowest BCUT2D eigenvalue weighted by molar-refractivity contribution is -0.659. The summed E-state index contributed by atoms with van der Waals surface area (Å²) in [4.78, 5) is 0. The van der Waals surface area contributed by atoms with Crippen LogP contribution in [0.4, 0.5) is 0 Å². The number of rotatable bonds is 3. The molecule has 2 heteroatoms. The van der Waals surface area contributed by atoms with Gasteiger partial charge in [0.25, 0.3) is 0 Å². The second-order valence-electron chi connectivity index (χ2n) is 16.4. The molecule has 1 aliphatic rings. The molecule has 0 saturated carbocycles. The summed E-state index contributed by atoms with van der Waals surface area (Å²) in [6, 6.07) is 18.4. The molecule has 0 fully saturated rings. The lowest BCUT2D eigenvalue weighted by Gasteiger charge is -2.30. The number of hydrogen-bond donors (Lipinski definition) is 0. The lowest BCUT2D eigenvalue weighted by atomic mass is 9.79. The summed E-state index contributed by atoms with van der Waals surface area (Å²) in [5.41, 5.74) is 8.46. The Hall–Kier alpha value is -3.39. The molecule has 5 aromatic rings. The Labute approximate surface area is 252 Å². The highest BCUT2D eigenvalue weighted by Gasteiger charge is 2.36. The van der Waals surface area contributed by atoms with Crippen molar-refractivity contribution >= 4 is 32.3 Å². The molecule has 1 aromatic heterocycles. The number of ether oxygens (including phenoxy) is 1. The fraction of sp³-hybridized carbons (Fsp3) is 0.425. The predicted octanol–water partition coefficient (Wildman–Crippen LogP) is 10.8. The maximum absolute atomic E-state index is 7.30. The minimum Gasteiger partial charge on any atom is -0.455 e. The van der Waals surface area contributed by atoms with Crippen LogP contribution in [-0.4, -0.2) is 0 Å². The molecule has 2 nitrogen and oxygen atoms in total. The van der Waals surface area contributed by atoms with E-state index >= 15 is 0 Å². The van der Waals surface area contributed by atoms with Crippen LogP contribution in [0.25, 0.3) is 43.6 Å². The predicted molar refractivity (Wildman–Crippen MR) is 180 cm³/mol. The molecule has 0 aliphatic carbocycles. The van der Waals surface area contributed by atoms with Crippen molar-refractivity contribution in [2.45, 2.75) is 88.5 Å². The van der Waals surface area contributed by atoms with Crippen molar-refractivity contribution in [3.8, 4) is 22.8 Å². The maximum atomic E-state index is 7.30. The second-order valence-corrected chi connectivity index (χ2v) is 16.4. The Bertz CT molecular complexity index is 1890. The van der Waals surface area contributed by atoms with Gasteiger partial charge in [-0.25, -0.2) is 4.57 Å². The molecule has 0 radical (unpaired) electrons. The van der Waals surface area contributed by atoms with Crippen LogP contribution >= 0.6 is 0 Å². The van der Waals surface area contributed by atoms with Crippen LogP contribution in [0.5, 0.6) is 11.5 Å². The molecule has 0 spiro atoms. The van der Waals surface area contributed by atoms with Gasteiger partial charge in [-0.1, -0.05) is 105 Å². The maximum Gasteiger partial charge on any atom is 0.228 e. The molecule has 0 N–H and O–H groups in total. The van der Waals surface area contributed by atoms with Gasteiger partial charge in [-0.05, 0) is 75.3 Å². The molecule has 2 heterocycles. The fourth-order valence-corrected chi connectivity index (χ4v) is 7.16. The van der Waals surface area contributed by atoms with Crippen molar-refractivity contribution in [2.75, 3.05) is 0 Å². The van der Waals surface area contributed by atoms with E-state index in [-0.39, 0.29) is 16.2 Å².